The molecule has 0 spiro atoms. The molecule has 2 aromatic rings. The van der Waals surface area contributed by atoms with Gasteiger partial charge in [0.05, 0.1) is 6.04 Å². The van der Waals surface area contributed by atoms with E-state index in [0.29, 0.717) is 6.61 Å². The SMILES string of the molecule is COCc1ccc(C(N)c2cccc(C)c2I)o1. The molecule has 1 unspecified atom stereocenters. The first-order valence-corrected chi connectivity index (χ1v) is 6.79. The van der Waals surface area contributed by atoms with Gasteiger partial charge in [0.25, 0.3) is 0 Å². The Morgan fingerprint density at radius 2 is 2.11 bits per heavy atom. The molecular formula is C14H16INO2. The van der Waals surface area contributed by atoms with Crippen LogP contribution in [0.25, 0.3) is 0 Å². The van der Waals surface area contributed by atoms with Gasteiger partial charge in [-0.25, -0.2) is 0 Å². The van der Waals surface area contributed by atoms with Crippen molar-refractivity contribution >= 4 is 22.6 Å². The van der Waals surface area contributed by atoms with E-state index in [9.17, 15) is 0 Å². The van der Waals surface area contributed by atoms with Gasteiger partial charge in [0, 0.05) is 10.7 Å². The van der Waals surface area contributed by atoms with Gasteiger partial charge < -0.3 is 14.9 Å². The molecule has 0 amide bonds. The molecule has 0 radical (unpaired) electrons. The fraction of sp³-hybridized carbons (Fsp3) is 0.286. The standard InChI is InChI=1S/C14H16INO2/c1-9-4-3-5-11(13(9)15)14(16)12-7-6-10(18-12)8-17-2/h3-7,14H,8,16H2,1-2H3. The van der Waals surface area contributed by atoms with Crippen LogP contribution in [0.4, 0.5) is 0 Å². The van der Waals surface area contributed by atoms with Crippen LogP contribution < -0.4 is 5.73 Å². The summed E-state index contributed by atoms with van der Waals surface area (Å²) in [4.78, 5) is 0. The van der Waals surface area contributed by atoms with Crippen molar-refractivity contribution in [2.24, 2.45) is 5.73 Å². The van der Waals surface area contributed by atoms with Crippen LogP contribution in [-0.2, 0) is 11.3 Å². The van der Waals surface area contributed by atoms with Crippen LogP contribution in [-0.4, -0.2) is 7.11 Å². The number of aryl methyl sites for hydroxylation is 1. The van der Waals surface area contributed by atoms with E-state index in [1.165, 1.54) is 9.13 Å². The van der Waals surface area contributed by atoms with Crippen molar-refractivity contribution in [2.45, 2.75) is 19.6 Å². The normalized spacial score (nSPS) is 12.7. The number of ether oxygens (including phenoxy) is 1. The van der Waals surface area contributed by atoms with Crippen LogP contribution in [0.5, 0.6) is 0 Å². The lowest BCUT2D eigenvalue weighted by molar-refractivity contribution is 0.162. The average Bonchev–Trinajstić information content (AvgIpc) is 2.81. The molecule has 0 aliphatic heterocycles. The first-order chi connectivity index (χ1) is 8.63. The third-order valence-corrected chi connectivity index (χ3v) is 4.31. The number of hydrogen-bond acceptors (Lipinski definition) is 3. The Kier molecular flexibility index (Phi) is 4.42. The molecule has 0 fully saturated rings. The maximum Gasteiger partial charge on any atom is 0.129 e. The largest absolute Gasteiger partial charge is 0.462 e. The Morgan fingerprint density at radius 1 is 1.33 bits per heavy atom. The van der Waals surface area contributed by atoms with Gasteiger partial charge in [0.2, 0.25) is 0 Å². The van der Waals surface area contributed by atoms with Gasteiger partial charge in [-0.05, 0) is 52.8 Å². The highest BCUT2D eigenvalue weighted by Crippen LogP contribution is 2.27. The summed E-state index contributed by atoms with van der Waals surface area (Å²) in [6.45, 7) is 2.55. The predicted molar refractivity (Wildman–Crippen MR) is 79.3 cm³/mol. The topological polar surface area (TPSA) is 48.4 Å². The molecule has 1 atom stereocenters. The molecule has 96 valence electrons. The highest BCUT2D eigenvalue weighted by Gasteiger charge is 2.16. The van der Waals surface area contributed by atoms with E-state index in [2.05, 4.69) is 35.6 Å². The van der Waals surface area contributed by atoms with E-state index >= 15 is 0 Å². The summed E-state index contributed by atoms with van der Waals surface area (Å²) in [5, 5.41) is 0. The van der Waals surface area contributed by atoms with Gasteiger partial charge in [0.1, 0.15) is 18.1 Å². The van der Waals surface area contributed by atoms with Crippen molar-refractivity contribution in [3.8, 4) is 0 Å². The number of benzene rings is 1. The lowest BCUT2D eigenvalue weighted by Gasteiger charge is -2.13. The predicted octanol–water partition coefficient (Wildman–Crippen LogP) is 3.39. The lowest BCUT2D eigenvalue weighted by Crippen LogP contribution is -2.13. The van der Waals surface area contributed by atoms with Crippen LogP contribution >= 0.6 is 22.6 Å². The lowest BCUT2D eigenvalue weighted by atomic mass is 10.0. The van der Waals surface area contributed by atoms with Crippen molar-refractivity contribution in [3.63, 3.8) is 0 Å². The summed E-state index contributed by atoms with van der Waals surface area (Å²) < 4.78 is 11.9. The molecule has 0 saturated heterocycles. The molecule has 3 nitrogen and oxygen atoms in total. The number of nitrogens with two attached hydrogens (primary N) is 1. The van der Waals surface area contributed by atoms with E-state index < -0.39 is 0 Å². The Hall–Kier alpha value is -0.850. The van der Waals surface area contributed by atoms with Gasteiger partial charge in [-0.2, -0.15) is 0 Å². The monoisotopic (exact) mass is 357 g/mol. The highest BCUT2D eigenvalue weighted by molar-refractivity contribution is 14.1. The van der Waals surface area contributed by atoms with Crippen LogP contribution in [0, 0.1) is 10.5 Å². The molecule has 1 aromatic heterocycles. The second kappa shape index (κ2) is 5.86. The van der Waals surface area contributed by atoms with Crippen molar-refractivity contribution in [2.75, 3.05) is 7.11 Å². The fourth-order valence-corrected chi connectivity index (χ4v) is 2.54. The van der Waals surface area contributed by atoms with Crippen LogP contribution in [0.3, 0.4) is 0 Å². The van der Waals surface area contributed by atoms with Gasteiger partial charge >= 0.3 is 0 Å². The summed E-state index contributed by atoms with van der Waals surface area (Å²) in [6.07, 6.45) is 0. The second-order valence-corrected chi connectivity index (χ2v) is 5.27. The first-order valence-electron chi connectivity index (χ1n) is 5.71. The van der Waals surface area contributed by atoms with Crippen molar-refractivity contribution in [1.82, 2.24) is 0 Å². The zero-order chi connectivity index (χ0) is 13.1. The Bertz CT molecular complexity index is 536. The van der Waals surface area contributed by atoms with Gasteiger partial charge in [0.15, 0.2) is 0 Å². The zero-order valence-electron chi connectivity index (χ0n) is 10.4. The van der Waals surface area contributed by atoms with Crippen LogP contribution in [0.2, 0.25) is 0 Å². The number of methoxy groups -OCH3 is 1. The summed E-state index contributed by atoms with van der Waals surface area (Å²) in [6, 6.07) is 9.72. The molecule has 4 heteroatoms. The summed E-state index contributed by atoms with van der Waals surface area (Å²) >= 11 is 2.32. The minimum Gasteiger partial charge on any atom is -0.462 e. The number of halogens is 1. The third kappa shape index (κ3) is 2.76. The van der Waals surface area contributed by atoms with Crippen LogP contribution in [0.15, 0.2) is 34.7 Å². The zero-order valence-corrected chi connectivity index (χ0v) is 12.6. The molecule has 2 rings (SSSR count). The highest BCUT2D eigenvalue weighted by atomic mass is 127. The molecule has 0 saturated carbocycles. The van der Waals surface area contributed by atoms with Crippen molar-refractivity contribution < 1.29 is 9.15 Å². The molecule has 1 aromatic carbocycles. The minimum atomic E-state index is -0.234. The van der Waals surface area contributed by atoms with E-state index in [-0.39, 0.29) is 6.04 Å². The second-order valence-electron chi connectivity index (χ2n) is 4.19. The van der Waals surface area contributed by atoms with E-state index in [4.69, 9.17) is 14.9 Å². The quantitative estimate of drug-likeness (QED) is 0.854. The number of rotatable bonds is 4. The molecule has 18 heavy (non-hydrogen) atoms. The summed E-state index contributed by atoms with van der Waals surface area (Å²) in [5.41, 5.74) is 8.58. The maximum absolute atomic E-state index is 6.26. The molecule has 0 bridgehead atoms. The smallest absolute Gasteiger partial charge is 0.129 e. The Labute approximate surface area is 120 Å². The van der Waals surface area contributed by atoms with Gasteiger partial charge in [-0.1, -0.05) is 18.2 Å². The molecule has 2 N–H and O–H groups in total. The van der Waals surface area contributed by atoms with E-state index in [0.717, 1.165) is 17.1 Å². The van der Waals surface area contributed by atoms with Crippen molar-refractivity contribution in [3.05, 3.63) is 56.5 Å². The molecular weight excluding hydrogens is 341 g/mol. The summed E-state index contributed by atoms with van der Waals surface area (Å²) in [5.74, 6) is 1.57. The maximum atomic E-state index is 6.26. The van der Waals surface area contributed by atoms with Gasteiger partial charge in [-0.3, -0.25) is 0 Å². The Morgan fingerprint density at radius 3 is 2.83 bits per heavy atom. The van der Waals surface area contributed by atoms with Gasteiger partial charge in [-0.15, -0.1) is 0 Å². The molecule has 1 heterocycles. The Balaban J connectivity index is 2.29. The van der Waals surface area contributed by atoms with E-state index in [1.807, 2.05) is 24.3 Å². The number of hydrogen-bond donors (Lipinski definition) is 1. The van der Waals surface area contributed by atoms with E-state index in [1.54, 1.807) is 7.11 Å². The number of furan rings is 1. The third-order valence-electron chi connectivity index (χ3n) is 2.83. The first kappa shape index (κ1) is 13.6. The molecule has 0 aliphatic rings. The minimum absolute atomic E-state index is 0.234. The van der Waals surface area contributed by atoms with Crippen LogP contribution in [0.1, 0.15) is 28.7 Å². The molecule has 0 aliphatic carbocycles. The fourth-order valence-electron chi connectivity index (χ4n) is 1.85. The summed E-state index contributed by atoms with van der Waals surface area (Å²) in [7, 11) is 1.64. The average molecular weight is 357 g/mol. The van der Waals surface area contributed by atoms with Crippen molar-refractivity contribution in [1.29, 1.82) is 0 Å².